The van der Waals surface area contributed by atoms with Gasteiger partial charge < -0.3 is 16.0 Å². The van der Waals surface area contributed by atoms with Crippen LogP contribution in [0.1, 0.15) is 33.5 Å². The molecule has 190 valence electrons. The van der Waals surface area contributed by atoms with Crippen molar-refractivity contribution >= 4 is 23.2 Å². The first-order chi connectivity index (χ1) is 17.6. The predicted octanol–water partition coefficient (Wildman–Crippen LogP) is 3.76. The van der Waals surface area contributed by atoms with Crippen LogP contribution < -0.4 is 16.0 Å². The fourth-order valence-electron chi connectivity index (χ4n) is 4.74. The number of amides is 1. The number of piperazine rings is 1. The first-order valence-corrected chi connectivity index (χ1v) is 11.5. The van der Waals surface area contributed by atoms with Gasteiger partial charge in [0, 0.05) is 43.1 Å². The third-order valence-corrected chi connectivity index (χ3v) is 6.63. The number of fused-ring (bicyclic) bond motifs is 2. The van der Waals surface area contributed by atoms with Crippen LogP contribution in [0.3, 0.4) is 0 Å². The van der Waals surface area contributed by atoms with Crippen molar-refractivity contribution in [2.45, 2.75) is 24.7 Å². The van der Waals surface area contributed by atoms with E-state index in [-0.39, 0.29) is 29.3 Å². The molecule has 2 aliphatic heterocycles. The molecule has 0 saturated carbocycles. The van der Waals surface area contributed by atoms with Crippen LogP contribution in [0.2, 0.25) is 0 Å². The number of nitrogens with zero attached hydrogens (tertiary/aromatic N) is 4. The molecule has 0 spiro atoms. The SMILES string of the molecule is CN1C[C@@H]2C[C@@H]1CN2c1ccc(C(F)(F)F)cc1NC(=O)c1cc(C#Cc2cnc(N)nc2)ccc1F. The molecule has 3 heterocycles. The van der Waals surface area contributed by atoms with Crippen LogP contribution in [-0.4, -0.2) is 53.0 Å². The smallest absolute Gasteiger partial charge is 0.368 e. The second-order valence-electron chi connectivity index (χ2n) is 9.09. The highest BCUT2D eigenvalue weighted by Gasteiger charge is 2.42. The van der Waals surface area contributed by atoms with Crippen LogP contribution >= 0.6 is 0 Å². The number of benzene rings is 2. The third kappa shape index (κ3) is 5.06. The maximum absolute atomic E-state index is 14.6. The number of nitrogens with two attached hydrogens (primary N) is 1. The van der Waals surface area contributed by atoms with Crippen LogP contribution in [-0.2, 0) is 6.18 Å². The van der Waals surface area contributed by atoms with Gasteiger partial charge in [0.25, 0.3) is 5.91 Å². The lowest BCUT2D eigenvalue weighted by atomic mass is 10.1. The molecule has 1 aromatic heterocycles. The van der Waals surface area contributed by atoms with E-state index in [2.05, 4.69) is 32.0 Å². The van der Waals surface area contributed by atoms with Gasteiger partial charge in [0.1, 0.15) is 5.82 Å². The number of nitrogen functional groups attached to an aromatic ring is 1. The first-order valence-electron chi connectivity index (χ1n) is 11.5. The summed E-state index contributed by atoms with van der Waals surface area (Å²) in [7, 11) is 2.01. The van der Waals surface area contributed by atoms with E-state index in [4.69, 9.17) is 5.73 Å². The lowest BCUT2D eigenvalue weighted by molar-refractivity contribution is -0.137. The van der Waals surface area contributed by atoms with Crippen LogP contribution in [0, 0.1) is 17.7 Å². The number of likely N-dealkylation sites (tertiary alicyclic amines) is 1. The van der Waals surface area contributed by atoms with E-state index in [1.807, 2.05) is 11.9 Å². The monoisotopic (exact) mass is 510 g/mol. The Kier molecular flexibility index (Phi) is 6.21. The largest absolute Gasteiger partial charge is 0.416 e. The minimum atomic E-state index is -4.60. The third-order valence-electron chi connectivity index (χ3n) is 6.63. The summed E-state index contributed by atoms with van der Waals surface area (Å²) in [4.78, 5) is 25.0. The number of rotatable bonds is 3. The molecule has 37 heavy (non-hydrogen) atoms. The molecule has 3 N–H and O–H groups in total. The Morgan fingerprint density at radius 3 is 2.43 bits per heavy atom. The second kappa shape index (κ2) is 9.37. The van der Waals surface area contributed by atoms with Gasteiger partial charge in [0.15, 0.2) is 0 Å². The van der Waals surface area contributed by atoms with Crippen molar-refractivity contribution in [3.63, 3.8) is 0 Å². The maximum Gasteiger partial charge on any atom is 0.416 e. The van der Waals surface area contributed by atoms with Crippen molar-refractivity contribution in [2.75, 3.05) is 36.1 Å². The molecule has 11 heteroatoms. The van der Waals surface area contributed by atoms with E-state index in [9.17, 15) is 22.4 Å². The molecule has 2 fully saturated rings. The zero-order valence-electron chi connectivity index (χ0n) is 19.7. The second-order valence-corrected chi connectivity index (χ2v) is 9.09. The van der Waals surface area contributed by atoms with Crippen LogP contribution in [0.15, 0.2) is 48.8 Å². The number of nitrogens with one attached hydrogen (secondary N) is 1. The van der Waals surface area contributed by atoms with Crippen molar-refractivity contribution in [3.05, 3.63) is 76.9 Å². The molecule has 0 radical (unpaired) electrons. The molecule has 0 aliphatic carbocycles. The zero-order valence-corrected chi connectivity index (χ0v) is 19.7. The summed E-state index contributed by atoms with van der Waals surface area (Å²) >= 11 is 0. The Labute approximate surface area is 210 Å². The lowest BCUT2D eigenvalue weighted by Crippen LogP contribution is -2.44. The number of halogens is 4. The zero-order chi connectivity index (χ0) is 26.3. The number of hydrogen-bond donors (Lipinski definition) is 2. The molecule has 2 bridgehead atoms. The van der Waals surface area contributed by atoms with E-state index >= 15 is 0 Å². The number of carbonyl (C=O) groups is 1. The summed E-state index contributed by atoms with van der Waals surface area (Å²) in [5, 5.41) is 2.52. The minimum Gasteiger partial charge on any atom is -0.368 e. The quantitative estimate of drug-likeness (QED) is 0.412. The molecule has 1 amide bonds. The van der Waals surface area contributed by atoms with Gasteiger partial charge in [-0.15, -0.1) is 0 Å². The molecule has 2 saturated heterocycles. The summed E-state index contributed by atoms with van der Waals surface area (Å²) in [6.07, 6.45) is -0.872. The fourth-order valence-corrected chi connectivity index (χ4v) is 4.74. The number of anilines is 3. The van der Waals surface area contributed by atoms with E-state index in [0.29, 0.717) is 23.4 Å². The summed E-state index contributed by atoms with van der Waals surface area (Å²) in [6, 6.07) is 7.39. The van der Waals surface area contributed by atoms with Crippen molar-refractivity contribution < 1.29 is 22.4 Å². The summed E-state index contributed by atoms with van der Waals surface area (Å²) in [5.41, 5.74) is 5.44. The van der Waals surface area contributed by atoms with Crippen molar-refractivity contribution in [3.8, 4) is 11.8 Å². The molecule has 0 unspecified atom stereocenters. The molecule has 2 atom stereocenters. The van der Waals surface area contributed by atoms with Gasteiger partial charge in [0.2, 0.25) is 5.95 Å². The molecule has 5 rings (SSSR count). The highest BCUT2D eigenvalue weighted by atomic mass is 19.4. The molecule has 3 aromatic rings. The standard InChI is InChI=1S/C26H22F4N6O/c1-35-13-19-10-18(35)14-36(19)23-7-5-17(26(28,29)30)9-22(23)34-24(37)20-8-15(4-6-21(20)27)2-3-16-11-32-25(31)33-12-16/h4-9,11-12,18-19H,10,13-14H2,1H3,(H,34,37)(H2,31,32,33)/t18-,19+/m1/s1. The molecule has 7 nitrogen and oxygen atoms in total. The number of hydrogen-bond acceptors (Lipinski definition) is 6. The predicted molar refractivity (Wildman–Crippen MR) is 130 cm³/mol. The number of carbonyl (C=O) groups excluding carboxylic acids is 1. The van der Waals surface area contributed by atoms with Gasteiger partial charge in [-0.1, -0.05) is 11.8 Å². The number of likely N-dealkylation sites (N-methyl/N-ethyl adjacent to an activating group) is 1. The highest BCUT2D eigenvalue weighted by molar-refractivity contribution is 6.06. The molecule has 2 aliphatic rings. The maximum atomic E-state index is 14.6. The summed E-state index contributed by atoms with van der Waals surface area (Å²) in [5.74, 6) is 3.98. The van der Waals surface area contributed by atoms with Crippen molar-refractivity contribution in [1.29, 1.82) is 0 Å². The van der Waals surface area contributed by atoms with E-state index in [0.717, 1.165) is 31.2 Å². The van der Waals surface area contributed by atoms with Crippen molar-refractivity contribution in [1.82, 2.24) is 14.9 Å². The van der Waals surface area contributed by atoms with Gasteiger partial charge in [0.05, 0.1) is 28.1 Å². The summed E-state index contributed by atoms with van der Waals surface area (Å²) in [6.45, 7) is 1.40. The summed E-state index contributed by atoms with van der Waals surface area (Å²) < 4.78 is 55.1. The van der Waals surface area contributed by atoms with Crippen LogP contribution in [0.25, 0.3) is 0 Å². The molecular formula is C26H22F4N6O. The average molecular weight is 510 g/mol. The normalized spacial score (nSPS) is 19.0. The highest BCUT2D eigenvalue weighted by Crippen LogP contribution is 2.40. The van der Waals surface area contributed by atoms with Gasteiger partial charge in [-0.2, -0.15) is 13.2 Å². The minimum absolute atomic E-state index is 0.0232. The van der Waals surface area contributed by atoms with Gasteiger partial charge in [-0.25, -0.2) is 14.4 Å². The van der Waals surface area contributed by atoms with Gasteiger partial charge in [-0.05, 0) is 49.9 Å². The van der Waals surface area contributed by atoms with Gasteiger partial charge in [-0.3, -0.25) is 9.69 Å². The lowest BCUT2D eigenvalue weighted by Gasteiger charge is -2.35. The first kappa shape index (κ1) is 24.5. The van der Waals surface area contributed by atoms with Crippen LogP contribution in [0.5, 0.6) is 0 Å². The average Bonchev–Trinajstić information content (AvgIpc) is 3.43. The topological polar surface area (TPSA) is 87.4 Å². The molecule has 2 aromatic carbocycles. The Morgan fingerprint density at radius 2 is 1.78 bits per heavy atom. The van der Waals surface area contributed by atoms with Gasteiger partial charge >= 0.3 is 6.18 Å². The molecular weight excluding hydrogens is 488 g/mol. The van der Waals surface area contributed by atoms with E-state index in [1.54, 1.807) is 0 Å². The van der Waals surface area contributed by atoms with E-state index in [1.165, 1.54) is 30.6 Å². The Balaban J connectivity index is 1.44. The Morgan fingerprint density at radius 1 is 1.05 bits per heavy atom. The van der Waals surface area contributed by atoms with E-state index < -0.39 is 23.5 Å². The number of aromatic nitrogens is 2. The Hall–Kier alpha value is -4.17. The Bertz CT molecular complexity index is 1410. The fraction of sp³-hybridized carbons (Fsp3) is 0.269. The van der Waals surface area contributed by atoms with Crippen LogP contribution in [0.4, 0.5) is 34.9 Å². The number of alkyl halides is 3. The van der Waals surface area contributed by atoms with Crippen molar-refractivity contribution in [2.24, 2.45) is 0 Å².